The summed E-state index contributed by atoms with van der Waals surface area (Å²) in [6.45, 7) is 0.704. The Balaban J connectivity index is 2.48. The zero-order valence-electron chi connectivity index (χ0n) is 7.60. The van der Waals surface area contributed by atoms with Crippen molar-refractivity contribution in [3.05, 3.63) is 21.3 Å². The minimum atomic E-state index is 0.704. The van der Waals surface area contributed by atoms with Gasteiger partial charge in [-0.15, -0.1) is 11.3 Å². The van der Waals surface area contributed by atoms with Crippen molar-refractivity contribution in [2.75, 3.05) is 14.1 Å². The predicted octanol–water partition coefficient (Wildman–Crippen LogP) is 1.70. The van der Waals surface area contributed by atoms with E-state index in [-0.39, 0.29) is 0 Å². The van der Waals surface area contributed by atoms with E-state index in [2.05, 4.69) is 15.6 Å². The van der Waals surface area contributed by atoms with E-state index in [0.29, 0.717) is 6.54 Å². The maximum Gasteiger partial charge on any atom is 0.190 e. The zero-order chi connectivity index (χ0) is 9.68. The molecule has 0 fully saturated rings. The third-order valence-electron chi connectivity index (χ3n) is 1.60. The Morgan fingerprint density at radius 1 is 1.69 bits per heavy atom. The number of rotatable bonds is 2. The Bertz CT molecular complexity index is 295. The highest BCUT2D eigenvalue weighted by Crippen LogP contribution is 2.22. The second-order valence-electron chi connectivity index (χ2n) is 2.40. The third-order valence-corrected chi connectivity index (χ3v) is 2.85. The lowest BCUT2D eigenvalue weighted by Gasteiger charge is -2.06. The fourth-order valence-corrected chi connectivity index (χ4v) is 1.83. The maximum atomic E-state index is 5.93. The third kappa shape index (κ3) is 2.90. The Labute approximate surface area is 86.8 Å². The van der Waals surface area contributed by atoms with Crippen molar-refractivity contribution in [2.24, 2.45) is 4.99 Å². The molecular formula is C8H12ClN3S. The fourth-order valence-electron chi connectivity index (χ4n) is 0.904. The molecule has 0 saturated heterocycles. The predicted molar refractivity (Wildman–Crippen MR) is 58.6 cm³/mol. The molecule has 1 rings (SSSR count). The van der Waals surface area contributed by atoms with E-state index in [0.717, 1.165) is 15.9 Å². The van der Waals surface area contributed by atoms with Crippen LogP contribution in [0.5, 0.6) is 0 Å². The van der Waals surface area contributed by atoms with Crippen LogP contribution < -0.4 is 10.6 Å². The molecule has 0 radical (unpaired) electrons. The van der Waals surface area contributed by atoms with Crippen LogP contribution in [0.25, 0.3) is 0 Å². The molecule has 0 aromatic carbocycles. The Morgan fingerprint density at radius 2 is 2.46 bits per heavy atom. The van der Waals surface area contributed by atoms with Crippen LogP contribution in [0.2, 0.25) is 4.34 Å². The minimum absolute atomic E-state index is 0.704. The molecule has 0 saturated carbocycles. The molecule has 0 aliphatic rings. The lowest BCUT2D eigenvalue weighted by atomic mass is 10.3. The second-order valence-corrected chi connectivity index (χ2v) is 3.91. The molecular weight excluding hydrogens is 206 g/mol. The summed E-state index contributed by atoms with van der Waals surface area (Å²) in [5.41, 5.74) is 1.10. The van der Waals surface area contributed by atoms with Gasteiger partial charge in [-0.05, 0) is 11.4 Å². The van der Waals surface area contributed by atoms with Gasteiger partial charge in [0.05, 0.1) is 4.34 Å². The van der Waals surface area contributed by atoms with E-state index in [4.69, 9.17) is 11.6 Å². The molecule has 13 heavy (non-hydrogen) atoms. The van der Waals surface area contributed by atoms with Gasteiger partial charge in [0.15, 0.2) is 5.96 Å². The topological polar surface area (TPSA) is 36.4 Å². The standard InChI is InChI=1S/C8H12ClN3S/c1-10-8(11-2)12-5-6-3-4-13-7(6)9/h3-4H,5H2,1-2H3,(H2,10,11,12). The number of nitrogens with one attached hydrogen (secondary N) is 2. The highest BCUT2D eigenvalue weighted by Gasteiger charge is 2.01. The first-order chi connectivity index (χ1) is 6.27. The van der Waals surface area contributed by atoms with Crippen LogP contribution >= 0.6 is 22.9 Å². The molecule has 1 heterocycles. The van der Waals surface area contributed by atoms with Crippen molar-refractivity contribution in [2.45, 2.75) is 6.54 Å². The number of guanidine groups is 1. The lowest BCUT2D eigenvalue weighted by molar-refractivity contribution is 0.869. The van der Waals surface area contributed by atoms with E-state index in [1.165, 1.54) is 11.3 Å². The zero-order valence-corrected chi connectivity index (χ0v) is 9.17. The van der Waals surface area contributed by atoms with E-state index in [1.807, 2.05) is 18.5 Å². The first kappa shape index (κ1) is 10.3. The van der Waals surface area contributed by atoms with Crippen molar-refractivity contribution < 1.29 is 0 Å². The van der Waals surface area contributed by atoms with Crippen LogP contribution in [-0.4, -0.2) is 20.1 Å². The summed E-state index contributed by atoms with van der Waals surface area (Å²) in [7, 11) is 3.55. The van der Waals surface area contributed by atoms with Gasteiger partial charge in [0.1, 0.15) is 0 Å². The van der Waals surface area contributed by atoms with Gasteiger partial charge in [-0.2, -0.15) is 0 Å². The number of nitrogens with zero attached hydrogens (tertiary/aromatic N) is 1. The van der Waals surface area contributed by atoms with Gasteiger partial charge in [-0.3, -0.25) is 4.99 Å². The Hall–Kier alpha value is -0.740. The molecule has 2 N–H and O–H groups in total. The van der Waals surface area contributed by atoms with Gasteiger partial charge < -0.3 is 10.6 Å². The molecule has 3 nitrogen and oxygen atoms in total. The molecule has 5 heteroatoms. The molecule has 0 aliphatic carbocycles. The summed E-state index contributed by atoms with van der Waals surface area (Å²) in [6, 6.07) is 2.00. The first-order valence-electron chi connectivity index (χ1n) is 3.88. The van der Waals surface area contributed by atoms with Gasteiger partial charge in [-0.1, -0.05) is 11.6 Å². The smallest absolute Gasteiger partial charge is 0.190 e. The van der Waals surface area contributed by atoms with Crippen LogP contribution in [-0.2, 0) is 6.54 Å². The summed E-state index contributed by atoms with van der Waals surface area (Å²) in [5.74, 6) is 0.766. The summed E-state index contributed by atoms with van der Waals surface area (Å²) in [4.78, 5) is 3.99. The average Bonchev–Trinajstić information content (AvgIpc) is 2.54. The quantitative estimate of drug-likeness (QED) is 0.585. The highest BCUT2D eigenvalue weighted by molar-refractivity contribution is 7.14. The number of thiophene rings is 1. The van der Waals surface area contributed by atoms with Crippen molar-refractivity contribution in [1.82, 2.24) is 10.6 Å². The van der Waals surface area contributed by atoms with E-state index < -0.39 is 0 Å². The first-order valence-corrected chi connectivity index (χ1v) is 5.14. The minimum Gasteiger partial charge on any atom is -0.359 e. The molecule has 1 aromatic heterocycles. The highest BCUT2D eigenvalue weighted by atomic mass is 35.5. The summed E-state index contributed by atoms with van der Waals surface area (Å²) >= 11 is 7.46. The van der Waals surface area contributed by atoms with E-state index >= 15 is 0 Å². The van der Waals surface area contributed by atoms with Crippen LogP contribution in [0, 0.1) is 0 Å². The van der Waals surface area contributed by atoms with Crippen molar-refractivity contribution in [1.29, 1.82) is 0 Å². The normalized spacial score (nSPS) is 11.5. The Kier molecular flexibility index (Phi) is 4.05. The van der Waals surface area contributed by atoms with Gasteiger partial charge in [0, 0.05) is 26.2 Å². The molecule has 0 atom stereocenters. The number of aliphatic imine (C=N–C) groups is 1. The molecule has 0 spiro atoms. The van der Waals surface area contributed by atoms with Crippen LogP contribution in [0.15, 0.2) is 16.4 Å². The van der Waals surface area contributed by atoms with Crippen molar-refractivity contribution in [3.8, 4) is 0 Å². The van der Waals surface area contributed by atoms with Crippen LogP contribution in [0.1, 0.15) is 5.56 Å². The van der Waals surface area contributed by atoms with E-state index in [9.17, 15) is 0 Å². The monoisotopic (exact) mass is 217 g/mol. The number of hydrogen-bond donors (Lipinski definition) is 2. The van der Waals surface area contributed by atoms with Gasteiger partial charge in [0.2, 0.25) is 0 Å². The number of hydrogen-bond acceptors (Lipinski definition) is 2. The fraction of sp³-hybridized carbons (Fsp3) is 0.375. The lowest BCUT2D eigenvalue weighted by Crippen LogP contribution is -2.33. The average molecular weight is 218 g/mol. The van der Waals surface area contributed by atoms with Crippen molar-refractivity contribution >= 4 is 28.9 Å². The van der Waals surface area contributed by atoms with Crippen LogP contribution in [0.4, 0.5) is 0 Å². The number of halogens is 1. The molecule has 72 valence electrons. The van der Waals surface area contributed by atoms with Crippen molar-refractivity contribution in [3.63, 3.8) is 0 Å². The van der Waals surface area contributed by atoms with Gasteiger partial charge in [-0.25, -0.2) is 0 Å². The SMILES string of the molecule is CN=C(NC)NCc1ccsc1Cl. The van der Waals surface area contributed by atoms with Gasteiger partial charge in [0.25, 0.3) is 0 Å². The van der Waals surface area contributed by atoms with E-state index in [1.54, 1.807) is 7.05 Å². The summed E-state index contributed by atoms with van der Waals surface area (Å²) in [6.07, 6.45) is 0. The Morgan fingerprint density at radius 3 is 2.92 bits per heavy atom. The van der Waals surface area contributed by atoms with Crippen LogP contribution in [0.3, 0.4) is 0 Å². The molecule has 1 aromatic rings. The summed E-state index contributed by atoms with van der Waals surface area (Å²) < 4.78 is 0.832. The molecule has 0 amide bonds. The molecule has 0 aliphatic heterocycles. The molecule has 0 bridgehead atoms. The maximum absolute atomic E-state index is 5.93. The largest absolute Gasteiger partial charge is 0.359 e. The van der Waals surface area contributed by atoms with Gasteiger partial charge >= 0.3 is 0 Å². The second kappa shape index (κ2) is 5.09. The molecule has 0 unspecified atom stereocenters. The summed E-state index contributed by atoms with van der Waals surface area (Å²) in [5, 5.41) is 8.03.